The quantitative estimate of drug-likeness (QED) is 0.787. The normalized spacial score (nSPS) is 10.2. The summed E-state index contributed by atoms with van der Waals surface area (Å²) < 4.78 is 0.960. The number of hydrogen-bond acceptors (Lipinski definition) is 2. The second-order valence-corrected chi connectivity index (χ2v) is 4.28. The minimum absolute atomic E-state index is 0.0949. The second kappa shape index (κ2) is 4.69. The Morgan fingerprint density at radius 2 is 2.38 bits per heavy atom. The van der Waals surface area contributed by atoms with Crippen molar-refractivity contribution in [1.29, 1.82) is 0 Å². The third kappa shape index (κ3) is 1.97. The molecular weight excluding hydrogens is 268 g/mol. The van der Waals surface area contributed by atoms with Crippen LogP contribution in [-0.4, -0.2) is 21.9 Å². The van der Waals surface area contributed by atoms with Crippen LogP contribution in [0.1, 0.15) is 17.5 Å². The molecule has 2 rings (SSSR count). The van der Waals surface area contributed by atoms with Crippen LogP contribution in [0.5, 0.6) is 0 Å². The van der Waals surface area contributed by atoms with E-state index >= 15 is 0 Å². The van der Waals surface area contributed by atoms with Crippen LogP contribution in [0.3, 0.4) is 0 Å². The molecule has 0 unspecified atom stereocenters. The molecule has 0 bridgehead atoms. The van der Waals surface area contributed by atoms with E-state index in [1.165, 1.54) is 0 Å². The highest BCUT2D eigenvalue weighted by atomic mass is 79.9. The molecule has 0 aliphatic heterocycles. The van der Waals surface area contributed by atoms with Gasteiger partial charge in [0.15, 0.2) is 0 Å². The van der Waals surface area contributed by atoms with Gasteiger partial charge < -0.3 is 5.11 Å². The van der Waals surface area contributed by atoms with Gasteiger partial charge in [0.1, 0.15) is 0 Å². The van der Waals surface area contributed by atoms with E-state index in [-0.39, 0.29) is 6.61 Å². The summed E-state index contributed by atoms with van der Waals surface area (Å²) in [6.07, 6.45) is 2.27. The molecule has 1 aromatic carbocycles. The smallest absolute Gasteiger partial charge is 0.0665 e. The lowest BCUT2D eigenvalue weighted by molar-refractivity contribution is 0.305. The van der Waals surface area contributed by atoms with Crippen molar-refractivity contribution >= 4 is 26.8 Å². The monoisotopic (exact) mass is 278 g/mol. The lowest BCUT2D eigenvalue weighted by atomic mass is 10.1. The molecule has 0 saturated carbocycles. The Labute approximate surface area is 102 Å². The Morgan fingerprint density at radius 3 is 3.12 bits per heavy atom. The number of fused-ring (bicyclic) bond motifs is 1. The zero-order valence-electron chi connectivity index (χ0n) is 8.84. The van der Waals surface area contributed by atoms with Crippen molar-refractivity contribution < 1.29 is 5.11 Å². The van der Waals surface area contributed by atoms with Crippen LogP contribution in [-0.2, 0) is 0 Å². The van der Waals surface area contributed by atoms with Gasteiger partial charge in [-0.25, -0.2) is 0 Å². The number of rotatable bonds is 1. The number of aliphatic hydroxyl groups excluding tert-OH is 1. The number of halogens is 1. The molecule has 0 aliphatic carbocycles. The fraction of sp³-hybridized carbons (Fsp3) is 0.250. The zero-order valence-corrected chi connectivity index (χ0v) is 10.4. The second-order valence-electron chi connectivity index (χ2n) is 3.49. The SMILES string of the molecule is Cc1cc2[nH]ncc2c(Br)c1C#CCCO. The highest BCUT2D eigenvalue weighted by molar-refractivity contribution is 9.10. The topological polar surface area (TPSA) is 48.9 Å². The van der Waals surface area contributed by atoms with Crippen molar-refractivity contribution in [2.45, 2.75) is 13.3 Å². The first-order valence-corrected chi connectivity index (χ1v) is 5.75. The van der Waals surface area contributed by atoms with Crippen LogP contribution in [0.4, 0.5) is 0 Å². The van der Waals surface area contributed by atoms with E-state index in [0.29, 0.717) is 6.42 Å². The van der Waals surface area contributed by atoms with Gasteiger partial charge in [0.25, 0.3) is 0 Å². The summed E-state index contributed by atoms with van der Waals surface area (Å²) in [6.45, 7) is 2.10. The minimum atomic E-state index is 0.0949. The Bertz CT molecular complexity index is 578. The van der Waals surface area contributed by atoms with Crippen LogP contribution >= 0.6 is 15.9 Å². The molecule has 4 heteroatoms. The van der Waals surface area contributed by atoms with Crippen LogP contribution in [0, 0.1) is 18.8 Å². The molecule has 0 saturated heterocycles. The van der Waals surface area contributed by atoms with Crippen molar-refractivity contribution in [3.63, 3.8) is 0 Å². The van der Waals surface area contributed by atoms with Crippen LogP contribution in [0.15, 0.2) is 16.7 Å². The van der Waals surface area contributed by atoms with Crippen molar-refractivity contribution in [2.75, 3.05) is 6.61 Å². The molecule has 0 amide bonds. The van der Waals surface area contributed by atoms with E-state index in [9.17, 15) is 0 Å². The maximum absolute atomic E-state index is 8.69. The summed E-state index contributed by atoms with van der Waals surface area (Å²) in [7, 11) is 0. The molecule has 0 spiro atoms. The molecule has 0 fully saturated rings. The zero-order chi connectivity index (χ0) is 11.5. The largest absolute Gasteiger partial charge is 0.395 e. The number of nitrogens with zero attached hydrogens (tertiary/aromatic N) is 1. The van der Waals surface area contributed by atoms with E-state index in [1.54, 1.807) is 6.20 Å². The number of nitrogens with one attached hydrogen (secondary N) is 1. The molecule has 0 radical (unpaired) electrons. The molecule has 16 heavy (non-hydrogen) atoms. The first-order chi connectivity index (χ1) is 7.74. The Morgan fingerprint density at radius 1 is 1.56 bits per heavy atom. The van der Waals surface area contributed by atoms with E-state index in [0.717, 1.165) is 26.5 Å². The van der Waals surface area contributed by atoms with Crippen LogP contribution in [0.25, 0.3) is 10.9 Å². The predicted molar refractivity (Wildman–Crippen MR) is 67.1 cm³/mol. The molecule has 0 atom stereocenters. The van der Waals surface area contributed by atoms with Crippen LogP contribution in [0.2, 0.25) is 0 Å². The van der Waals surface area contributed by atoms with Gasteiger partial charge in [-0.2, -0.15) is 5.10 Å². The van der Waals surface area contributed by atoms with E-state index < -0.39 is 0 Å². The molecule has 0 aliphatic rings. The molecule has 1 aromatic heterocycles. The highest BCUT2D eigenvalue weighted by Crippen LogP contribution is 2.28. The highest BCUT2D eigenvalue weighted by Gasteiger charge is 2.08. The van der Waals surface area contributed by atoms with E-state index in [2.05, 4.69) is 38.0 Å². The fourth-order valence-electron chi connectivity index (χ4n) is 1.54. The standard InChI is InChI=1S/C12H11BrN2O/c1-8-6-11-10(7-14-15-11)12(13)9(8)4-2-3-5-16/h6-7,16H,3,5H2,1H3,(H,14,15). The summed E-state index contributed by atoms with van der Waals surface area (Å²) in [5, 5.41) is 16.6. The summed E-state index contributed by atoms with van der Waals surface area (Å²) in [6, 6.07) is 2.02. The fourth-order valence-corrected chi connectivity index (χ4v) is 2.27. The Balaban J connectivity index is 2.56. The summed E-state index contributed by atoms with van der Waals surface area (Å²) in [4.78, 5) is 0. The summed E-state index contributed by atoms with van der Waals surface area (Å²) >= 11 is 3.54. The summed E-state index contributed by atoms with van der Waals surface area (Å²) in [5.41, 5.74) is 3.05. The Kier molecular flexibility index (Phi) is 3.28. The van der Waals surface area contributed by atoms with Gasteiger partial charge in [-0.05, 0) is 34.5 Å². The number of aliphatic hydroxyl groups is 1. The average molecular weight is 279 g/mol. The molecular formula is C12H11BrN2O. The molecule has 82 valence electrons. The average Bonchev–Trinajstić information content (AvgIpc) is 2.71. The maximum atomic E-state index is 8.69. The number of H-pyrrole nitrogens is 1. The van der Waals surface area contributed by atoms with E-state index in [1.807, 2.05) is 13.0 Å². The number of aromatic amines is 1. The van der Waals surface area contributed by atoms with Gasteiger partial charge in [0.05, 0.1) is 18.3 Å². The van der Waals surface area contributed by atoms with Crippen molar-refractivity contribution in [3.05, 3.63) is 27.9 Å². The van der Waals surface area contributed by atoms with Crippen molar-refractivity contribution in [3.8, 4) is 11.8 Å². The molecule has 1 heterocycles. The third-order valence-corrected chi connectivity index (χ3v) is 3.15. The Hall–Kier alpha value is -1.31. The lowest BCUT2D eigenvalue weighted by Crippen LogP contribution is -1.86. The van der Waals surface area contributed by atoms with Gasteiger partial charge in [-0.15, -0.1) is 0 Å². The van der Waals surface area contributed by atoms with Crippen molar-refractivity contribution in [2.24, 2.45) is 0 Å². The summed E-state index contributed by atoms with van der Waals surface area (Å²) in [5.74, 6) is 5.99. The lowest BCUT2D eigenvalue weighted by Gasteiger charge is -2.02. The number of hydrogen-bond donors (Lipinski definition) is 2. The maximum Gasteiger partial charge on any atom is 0.0665 e. The molecule has 2 N–H and O–H groups in total. The predicted octanol–water partition coefficient (Wildman–Crippen LogP) is 2.37. The third-order valence-electron chi connectivity index (χ3n) is 2.33. The number of aryl methyl sites for hydroxylation is 1. The van der Waals surface area contributed by atoms with Gasteiger partial charge in [0.2, 0.25) is 0 Å². The van der Waals surface area contributed by atoms with Gasteiger partial charge in [-0.3, -0.25) is 5.10 Å². The first kappa shape index (κ1) is 11.2. The first-order valence-electron chi connectivity index (χ1n) is 4.96. The van der Waals surface area contributed by atoms with Crippen LogP contribution < -0.4 is 0 Å². The van der Waals surface area contributed by atoms with E-state index in [4.69, 9.17) is 5.11 Å². The number of aromatic nitrogens is 2. The van der Waals surface area contributed by atoms with Gasteiger partial charge in [-0.1, -0.05) is 11.8 Å². The minimum Gasteiger partial charge on any atom is -0.395 e. The van der Waals surface area contributed by atoms with Crippen molar-refractivity contribution in [1.82, 2.24) is 10.2 Å². The molecule has 2 aromatic rings. The number of benzene rings is 1. The van der Waals surface area contributed by atoms with Gasteiger partial charge >= 0.3 is 0 Å². The molecule has 3 nitrogen and oxygen atoms in total. The van der Waals surface area contributed by atoms with Gasteiger partial charge in [0, 0.05) is 21.8 Å².